The molecule has 1 fully saturated rings. The standard InChI is InChI=1S/C16H23ClN2O2/c1-20-15-4-5-16(21-2)14(12-15)13-19-10-8-18(9-11-19)7-3-6-17/h3-6,12H,7-11,13H2,1-2H3/b6-3+. The van der Waals surface area contributed by atoms with E-state index in [1.54, 1.807) is 19.8 Å². The van der Waals surface area contributed by atoms with Crippen LogP contribution < -0.4 is 9.47 Å². The molecule has 0 bridgehead atoms. The Morgan fingerprint density at radius 1 is 1.10 bits per heavy atom. The van der Waals surface area contributed by atoms with Crippen molar-refractivity contribution in [3.8, 4) is 11.5 Å². The van der Waals surface area contributed by atoms with Gasteiger partial charge in [-0.3, -0.25) is 9.80 Å². The van der Waals surface area contributed by atoms with E-state index >= 15 is 0 Å². The van der Waals surface area contributed by atoms with Gasteiger partial charge in [0.15, 0.2) is 0 Å². The molecular formula is C16H23ClN2O2. The summed E-state index contributed by atoms with van der Waals surface area (Å²) in [7, 11) is 3.40. The maximum absolute atomic E-state index is 5.58. The van der Waals surface area contributed by atoms with E-state index in [1.807, 2.05) is 18.2 Å². The largest absolute Gasteiger partial charge is 0.497 e. The second-order valence-electron chi connectivity index (χ2n) is 5.12. The van der Waals surface area contributed by atoms with E-state index in [0.717, 1.165) is 50.8 Å². The zero-order valence-corrected chi connectivity index (χ0v) is 13.5. The minimum absolute atomic E-state index is 0.872. The number of hydrogen-bond acceptors (Lipinski definition) is 4. The molecule has 1 aromatic carbocycles. The lowest BCUT2D eigenvalue weighted by atomic mass is 10.1. The predicted octanol–water partition coefficient (Wildman–Crippen LogP) is 2.57. The van der Waals surface area contributed by atoms with Gasteiger partial charge in [0.05, 0.1) is 14.2 Å². The average molecular weight is 311 g/mol. The first kappa shape index (κ1) is 16.1. The highest BCUT2D eigenvalue weighted by atomic mass is 35.5. The second kappa shape index (κ2) is 8.27. The summed E-state index contributed by atoms with van der Waals surface area (Å²) in [5.74, 6) is 1.79. The summed E-state index contributed by atoms with van der Waals surface area (Å²) in [5.41, 5.74) is 2.76. The van der Waals surface area contributed by atoms with E-state index in [4.69, 9.17) is 21.1 Å². The molecule has 0 atom stereocenters. The van der Waals surface area contributed by atoms with Gasteiger partial charge in [0.2, 0.25) is 0 Å². The molecule has 0 amide bonds. The predicted molar refractivity (Wildman–Crippen MR) is 86.3 cm³/mol. The quantitative estimate of drug-likeness (QED) is 0.806. The van der Waals surface area contributed by atoms with Gasteiger partial charge >= 0.3 is 0 Å². The van der Waals surface area contributed by atoms with Crippen molar-refractivity contribution in [1.82, 2.24) is 9.80 Å². The van der Waals surface area contributed by atoms with E-state index < -0.39 is 0 Å². The van der Waals surface area contributed by atoms with E-state index in [-0.39, 0.29) is 0 Å². The molecule has 1 heterocycles. The average Bonchev–Trinajstić information content (AvgIpc) is 2.54. The summed E-state index contributed by atoms with van der Waals surface area (Å²) in [6.07, 6.45) is 1.99. The Labute approximate surface area is 131 Å². The van der Waals surface area contributed by atoms with Crippen molar-refractivity contribution < 1.29 is 9.47 Å². The SMILES string of the molecule is COc1ccc(OC)c(CN2CCN(C/C=C/Cl)CC2)c1. The molecule has 21 heavy (non-hydrogen) atoms. The van der Waals surface area contributed by atoms with Gasteiger partial charge in [0, 0.05) is 50.4 Å². The summed E-state index contributed by atoms with van der Waals surface area (Å²) in [4.78, 5) is 4.84. The van der Waals surface area contributed by atoms with Crippen LogP contribution in [0.15, 0.2) is 29.8 Å². The van der Waals surface area contributed by atoms with Gasteiger partial charge in [0.1, 0.15) is 11.5 Å². The summed E-state index contributed by atoms with van der Waals surface area (Å²) < 4.78 is 10.7. The van der Waals surface area contributed by atoms with Crippen molar-refractivity contribution in [3.05, 3.63) is 35.4 Å². The molecule has 0 unspecified atom stereocenters. The topological polar surface area (TPSA) is 24.9 Å². The Morgan fingerprint density at radius 3 is 2.43 bits per heavy atom. The third kappa shape index (κ3) is 4.63. The summed E-state index contributed by atoms with van der Waals surface area (Å²) in [6, 6.07) is 5.95. The van der Waals surface area contributed by atoms with Gasteiger partial charge < -0.3 is 9.47 Å². The zero-order chi connectivity index (χ0) is 15.1. The van der Waals surface area contributed by atoms with Crippen LogP contribution in [0.2, 0.25) is 0 Å². The normalized spacial score (nSPS) is 17.3. The number of piperazine rings is 1. The first-order valence-corrected chi connectivity index (χ1v) is 7.61. The van der Waals surface area contributed by atoms with Crippen LogP contribution in [0.4, 0.5) is 0 Å². The summed E-state index contributed by atoms with van der Waals surface area (Å²) in [6.45, 7) is 6.05. The molecule has 0 saturated carbocycles. The molecule has 0 aliphatic carbocycles. The molecule has 1 aliphatic rings. The summed E-state index contributed by atoms with van der Waals surface area (Å²) in [5, 5.41) is 0. The van der Waals surface area contributed by atoms with Crippen LogP contribution in [0.1, 0.15) is 5.56 Å². The van der Waals surface area contributed by atoms with Crippen LogP contribution in [-0.2, 0) is 6.54 Å². The summed E-state index contributed by atoms with van der Waals surface area (Å²) >= 11 is 5.58. The Balaban J connectivity index is 1.93. The molecular weight excluding hydrogens is 288 g/mol. The maximum Gasteiger partial charge on any atom is 0.123 e. The Bertz CT molecular complexity index is 471. The number of methoxy groups -OCH3 is 2. The minimum Gasteiger partial charge on any atom is -0.497 e. The fourth-order valence-corrected chi connectivity index (χ4v) is 2.64. The van der Waals surface area contributed by atoms with Crippen molar-refractivity contribution in [2.45, 2.75) is 6.54 Å². The van der Waals surface area contributed by atoms with Crippen LogP contribution in [0.25, 0.3) is 0 Å². The highest BCUT2D eigenvalue weighted by Gasteiger charge is 2.17. The molecule has 0 spiro atoms. The monoisotopic (exact) mass is 310 g/mol. The first-order valence-electron chi connectivity index (χ1n) is 7.17. The van der Waals surface area contributed by atoms with Crippen LogP contribution in [0.3, 0.4) is 0 Å². The zero-order valence-electron chi connectivity index (χ0n) is 12.7. The van der Waals surface area contributed by atoms with Crippen molar-refractivity contribution in [2.75, 3.05) is 46.9 Å². The molecule has 5 heteroatoms. The fraction of sp³-hybridized carbons (Fsp3) is 0.500. The van der Waals surface area contributed by atoms with Gasteiger partial charge in [-0.1, -0.05) is 17.7 Å². The number of rotatable bonds is 6. The maximum atomic E-state index is 5.58. The molecule has 1 aliphatic heterocycles. The van der Waals surface area contributed by atoms with Crippen molar-refractivity contribution in [2.24, 2.45) is 0 Å². The number of nitrogens with zero attached hydrogens (tertiary/aromatic N) is 2. The number of ether oxygens (including phenoxy) is 2. The van der Waals surface area contributed by atoms with E-state index in [2.05, 4.69) is 15.9 Å². The van der Waals surface area contributed by atoms with Gasteiger partial charge in [-0.2, -0.15) is 0 Å². The fourth-order valence-electron chi connectivity index (χ4n) is 2.57. The molecule has 1 aromatic rings. The number of halogens is 1. The molecule has 1 saturated heterocycles. The van der Waals surface area contributed by atoms with Gasteiger partial charge in [-0.05, 0) is 18.2 Å². The molecule has 4 nitrogen and oxygen atoms in total. The van der Waals surface area contributed by atoms with Gasteiger partial charge in [0.25, 0.3) is 0 Å². The van der Waals surface area contributed by atoms with Gasteiger partial charge in [-0.25, -0.2) is 0 Å². The first-order chi connectivity index (χ1) is 10.3. The molecule has 116 valence electrons. The molecule has 0 radical (unpaired) electrons. The van der Waals surface area contributed by atoms with Crippen molar-refractivity contribution in [1.29, 1.82) is 0 Å². The molecule has 2 rings (SSSR count). The molecule has 0 N–H and O–H groups in total. The van der Waals surface area contributed by atoms with E-state index in [1.165, 1.54) is 5.56 Å². The number of hydrogen-bond donors (Lipinski definition) is 0. The minimum atomic E-state index is 0.872. The smallest absolute Gasteiger partial charge is 0.123 e. The van der Waals surface area contributed by atoms with E-state index in [9.17, 15) is 0 Å². The van der Waals surface area contributed by atoms with Crippen LogP contribution in [0.5, 0.6) is 11.5 Å². The van der Waals surface area contributed by atoms with E-state index in [0.29, 0.717) is 0 Å². The Kier molecular flexibility index (Phi) is 6.36. The Morgan fingerprint density at radius 2 is 1.81 bits per heavy atom. The van der Waals surface area contributed by atoms with Crippen LogP contribution in [-0.4, -0.2) is 56.7 Å². The van der Waals surface area contributed by atoms with Crippen molar-refractivity contribution in [3.63, 3.8) is 0 Å². The Hall–Kier alpha value is -1.23. The number of benzene rings is 1. The lowest BCUT2D eigenvalue weighted by Crippen LogP contribution is -2.45. The van der Waals surface area contributed by atoms with Crippen LogP contribution in [0, 0.1) is 0 Å². The highest BCUT2D eigenvalue weighted by Crippen LogP contribution is 2.25. The highest BCUT2D eigenvalue weighted by molar-refractivity contribution is 6.25. The van der Waals surface area contributed by atoms with Crippen LogP contribution >= 0.6 is 11.6 Å². The molecule has 0 aromatic heterocycles. The lowest BCUT2D eigenvalue weighted by Gasteiger charge is -2.34. The third-order valence-electron chi connectivity index (χ3n) is 3.80. The lowest BCUT2D eigenvalue weighted by molar-refractivity contribution is 0.136. The van der Waals surface area contributed by atoms with Crippen molar-refractivity contribution >= 4 is 11.6 Å². The second-order valence-corrected chi connectivity index (χ2v) is 5.37. The van der Waals surface area contributed by atoms with Gasteiger partial charge in [-0.15, -0.1) is 0 Å². The third-order valence-corrected chi connectivity index (χ3v) is 3.98.